The van der Waals surface area contributed by atoms with Crippen LogP contribution in [0.4, 0.5) is 5.69 Å². The van der Waals surface area contributed by atoms with Crippen LogP contribution in [0.5, 0.6) is 5.88 Å². The van der Waals surface area contributed by atoms with Gasteiger partial charge in [-0.15, -0.1) is 5.10 Å². The molecule has 0 fully saturated rings. The highest BCUT2D eigenvalue weighted by molar-refractivity contribution is 6.05. The Balaban J connectivity index is 1.93. The maximum atomic E-state index is 12.0. The highest BCUT2D eigenvalue weighted by Crippen LogP contribution is 2.27. The number of aryl methyl sites for hydroxylation is 1. The fourth-order valence-corrected chi connectivity index (χ4v) is 2.15. The maximum Gasteiger partial charge on any atom is 0.258 e. The summed E-state index contributed by atoms with van der Waals surface area (Å²) in [6.45, 7) is 2.45. The molecule has 6 nitrogen and oxygen atoms in total. The minimum Gasteiger partial charge on any atom is -0.476 e. The molecule has 0 radical (unpaired) electrons. The van der Waals surface area contributed by atoms with Gasteiger partial charge < -0.3 is 14.5 Å². The molecule has 0 aliphatic rings. The topological polar surface area (TPSA) is 69.3 Å². The lowest BCUT2D eigenvalue weighted by Gasteiger charge is -2.04. The van der Waals surface area contributed by atoms with Gasteiger partial charge in [0.2, 0.25) is 5.88 Å². The van der Waals surface area contributed by atoms with Crippen LogP contribution < -0.4 is 10.1 Å². The second-order valence-electron chi connectivity index (χ2n) is 4.56. The summed E-state index contributed by atoms with van der Waals surface area (Å²) in [6.07, 6.45) is 2.87. The van der Waals surface area contributed by atoms with Crippen LogP contribution in [0.1, 0.15) is 17.3 Å². The van der Waals surface area contributed by atoms with Crippen LogP contribution in [0.3, 0.4) is 0 Å². The van der Waals surface area contributed by atoms with Crippen molar-refractivity contribution in [3.8, 4) is 5.88 Å². The van der Waals surface area contributed by atoms with E-state index in [1.165, 1.54) is 12.5 Å². The van der Waals surface area contributed by atoms with Crippen molar-refractivity contribution in [2.45, 2.75) is 6.92 Å². The number of hydrogen-bond acceptors (Lipinski definition) is 4. The van der Waals surface area contributed by atoms with Gasteiger partial charge in [-0.25, -0.2) is 0 Å². The summed E-state index contributed by atoms with van der Waals surface area (Å²) in [4.78, 5) is 12.0. The van der Waals surface area contributed by atoms with Crippen molar-refractivity contribution < 1.29 is 13.9 Å². The smallest absolute Gasteiger partial charge is 0.258 e. The Hall–Kier alpha value is -2.76. The summed E-state index contributed by atoms with van der Waals surface area (Å²) in [5.41, 5.74) is 2.11. The molecule has 0 atom stereocenters. The number of ether oxygens (including phenoxy) is 1. The zero-order valence-electron chi connectivity index (χ0n) is 11.8. The third-order valence-electron chi connectivity index (χ3n) is 3.14. The Labute approximate surface area is 121 Å². The Morgan fingerprint density at radius 1 is 1.43 bits per heavy atom. The van der Waals surface area contributed by atoms with Crippen molar-refractivity contribution in [1.29, 1.82) is 0 Å². The van der Waals surface area contributed by atoms with Crippen LogP contribution in [-0.4, -0.2) is 22.3 Å². The number of nitrogens with zero attached hydrogens (tertiary/aromatic N) is 2. The van der Waals surface area contributed by atoms with Gasteiger partial charge in [0.05, 0.1) is 29.3 Å². The number of anilines is 1. The van der Waals surface area contributed by atoms with Gasteiger partial charge in [0.15, 0.2) is 0 Å². The van der Waals surface area contributed by atoms with Gasteiger partial charge >= 0.3 is 0 Å². The standard InChI is InChI=1S/C15H15N3O3/c1-3-21-15-12-8-11(4-5-13(12)18(2)17-15)16-14(19)10-6-7-20-9-10/h4-9H,3H2,1-2H3,(H,16,19). The van der Waals surface area contributed by atoms with E-state index >= 15 is 0 Å². The van der Waals surface area contributed by atoms with Crippen molar-refractivity contribution in [3.05, 3.63) is 42.4 Å². The highest BCUT2D eigenvalue weighted by Gasteiger charge is 2.12. The van der Waals surface area contributed by atoms with E-state index in [1.807, 2.05) is 32.2 Å². The first-order chi connectivity index (χ1) is 10.2. The quantitative estimate of drug-likeness (QED) is 0.800. The molecular weight excluding hydrogens is 270 g/mol. The zero-order chi connectivity index (χ0) is 14.8. The van der Waals surface area contributed by atoms with Gasteiger partial charge in [0, 0.05) is 12.7 Å². The number of nitrogens with one attached hydrogen (secondary N) is 1. The average molecular weight is 285 g/mol. The largest absolute Gasteiger partial charge is 0.476 e. The van der Waals surface area contributed by atoms with E-state index in [2.05, 4.69) is 10.4 Å². The van der Waals surface area contributed by atoms with Crippen LogP contribution in [0.2, 0.25) is 0 Å². The Morgan fingerprint density at radius 2 is 2.29 bits per heavy atom. The summed E-state index contributed by atoms with van der Waals surface area (Å²) in [6, 6.07) is 7.20. The van der Waals surface area contributed by atoms with Gasteiger partial charge in [0.1, 0.15) is 6.26 Å². The zero-order valence-corrected chi connectivity index (χ0v) is 11.8. The molecule has 0 saturated heterocycles. The lowest BCUT2D eigenvalue weighted by molar-refractivity contribution is 0.102. The highest BCUT2D eigenvalue weighted by atomic mass is 16.5. The van der Waals surface area contributed by atoms with Crippen LogP contribution in [0.15, 0.2) is 41.2 Å². The molecule has 1 amide bonds. The number of fused-ring (bicyclic) bond motifs is 1. The first kappa shape index (κ1) is 13.2. The second-order valence-corrected chi connectivity index (χ2v) is 4.56. The normalized spacial score (nSPS) is 10.8. The number of carbonyl (C=O) groups excluding carboxylic acids is 1. The number of rotatable bonds is 4. The minimum absolute atomic E-state index is 0.218. The number of furan rings is 1. The lowest BCUT2D eigenvalue weighted by atomic mass is 10.2. The van der Waals surface area contributed by atoms with Crippen LogP contribution in [-0.2, 0) is 7.05 Å². The number of amides is 1. The third-order valence-corrected chi connectivity index (χ3v) is 3.14. The molecule has 0 spiro atoms. The molecule has 3 rings (SSSR count). The molecular formula is C15H15N3O3. The Bertz CT molecular complexity index is 775. The molecule has 0 saturated carbocycles. The number of carbonyl (C=O) groups is 1. The second kappa shape index (κ2) is 5.32. The first-order valence-electron chi connectivity index (χ1n) is 6.62. The van der Waals surface area contributed by atoms with Gasteiger partial charge in [0.25, 0.3) is 5.91 Å². The van der Waals surface area contributed by atoms with E-state index in [0.717, 1.165) is 10.9 Å². The fourth-order valence-electron chi connectivity index (χ4n) is 2.15. The van der Waals surface area contributed by atoms with E-state index in [9.17, 15) is 4.79 Å². The molecule has 1 aromatic carbocycles. The fraction of sp³-hybridized carbons (Fsp3) is 0.200. The molecule has 0 bridgehead atoms. The van der Waals surface area contributed by atoms with Gasteiger partial charge in [-0.2, -0.15) is 0 Å². The number of benzene rings is 1. The Kier molecular flexibility index (Phi) is 3.35. The summed E-state index contributed by atoms with van der Waals surface area (Å²) >= 11 is 0. The van der Waals surface area contributed by atoms with Crippen molar-refractivity contribution in [2.75, 3.05) is 11.9 Å². The van der Waals surface area contributed by atoms with Gasteiger partial charge in [-0.05, 0) is 31.2 Å². The first-order valence-corrected chi connectivity index (χ1v) is 6.62. The summed E-state index contributed by atoms with van der Waals surface area (Å²) in [5, 5.41) is 8.01. The van der Waals surface area contributed by atoms with Crippen molar-refractivity contribution in [1.82, 2.24) is 9.78 Å². The molecule has 0 aliphatic carbocycles. The van der Waals surface area contributed by atoms with Crippen molar-refractivity contribution >= 4 is 22.5 Å². The monoisotopic (exact) mass is 285 g/mol. The summed E-state index contributed by atoms with van der Waals surface area (Å²) in [5.74, 6) is 0.347. The van der Waals surface area contributed by atoms with E-state index in [1.54, 1.807) is 10.7 Å². The molecule has 108 valence electrons. The molecule has 3 aromatic rings. The Morgan fingerprint density at radius 3 is 3.00 bits per heavy atom. The molecule has 6 heteroatoms. The van der Waals surface area contributed by atoms with Crippen LogP contribution in [0, 0.1) is 0 Å². The van der Waals surface area contributed by atoms with E-state index in [4.69, 9.17) is 9.15 Å². The molecule has 2 aromatic heterocycles. The number of hydrogen-bond donors (Lipinski definition) is 1. The predicted molar refractivity (Wildman–Crippen MR) is 78.5 cm³/mol. The molecule has 0 unspecified atom stereocenters. The van der Waals surface area contributed by atoms with E-state index in [0.29, 0.717) is 23.7 Å². The molecule has 1 N–H and O–H groups in total. The third kappa shape index (κ3) is 2.47. The lowest BCUT2D eigenvalue weighted by Crippen LogP contribution is -2.10. The maximum absolute atomic E-state index is 12.0. The SMILES string of the molecule is CCOc1nn(C)c2ccc(NC(=O)c3ccoc3)cc12. The number of aromatic nitrogens is 2. The van der Waals surface area contributed by atoms with E-state index < -0.39 is 0 Å². The van der Waals surface area contributed by atoms with Crippen LogP contribution in [0.25, 0.3) is 10.9 Å². The van der Waals surface area contributed by atoms with Crippen molar-refractivity contribution in [3.63, 3.8) is 0 Å². The minimum atomic E-state index is -0.218. The molecule has 21 heavy (non-hydrogen) atoms. The molecule has 2 heterocycles. The molecule has 0 aliphatic heterocycles. The van der Waals surface area contributed by atoms with Crippen molar-refractivity contribution in [2.24, 2.45) is 7.05 Å². The van der Waals surface area contributed by atoms with Gasteiger partial charge in [-0.1, -0.05) is 0 Å². The predicted octanol–water partition coefficient (Wildman–Crippen LogP) is 2.82. The van der Waals surface area contributed by atoms with E-state index in [-0.39, 0.29) is 5.91 Å². The van der Waals surface area contributed by atoms with Crippen LogP contribution >= 0.6 is 0 Å². The summed E-state index contributed by atoms with van der Waals surface area (Å²) < 4.78 is 12.2. The summed E-state index contributed by atoms with van der Waals surface area (Å²) in [7, 11) is 1.86. The van der Waals surface area contributed by atoms with Gasteiger partial charge in [-0.3, -0.25) is 9.48 Å². The average Bonchev–Trinajstić information content (AvgIpc) is 3.09.